The van der Waals surface area contributed by atoms with Crippen molar-refractivity contribution in [3.8, 4) is 5.75 Å². The van der Waals surface area contributed by atoms with Crippen LogP contribution >= 0.6 is 0 Å². The predicted octanol–water partition coefficient (Wildman–Crippen LogP) is 2.97. The van der Waals surface area contributed by atoms with Gasteiger partial charge in [-0.15, -0.1) is 0 Å². The summed E-state index contributed by atoms with van der Waals surface area (Å²) in [5.41, 5.74) is -1.05. The highest BCUT2D eigenvalue weighted by Gasteiger charge is 2.34. The minimum atomic E-state index is -0.824. The number of ketones is 1. The van der Waals surface area contributed by atoms with Crippen LogP contribution in [-0.4, -0.2) is 32.8 Å². The highest BCUT2D eigenvalue weighted by Crippen LogP contribution is 2.27. The molecule has 0 radical (unpaired) electrons. The Kier molecular flexibility index (Phi) is 5.10. The molecule has 0 unspecified atom stereocenters. The molecule has 1 aliphatic heterocycles. The van der Waals surface area contributed by atoms with E-state index in [0.717, 1.165) is 5.56 Å². The zero-order valence-corrected chi connectivity index (χ0v) is 16.2. The fraction of sp³-hybridized carbons (Fsp3) is 0.381. The van der Waals surface area contributed by atoms with Gasteiger partial charge in [0.1, 0.15) is 5.82 Å². The number of rotatable bonds is 5. The van der Waals surface area contributed by atoms with Crippen LogP contribution < -0.4 is 5.43 Å². The molecule has 0 bridgehead atoms. The largest absolute Gasteiger partial charge is 0.503 e. The van der Waals surface area contributed by atoms with Crippen molar-refractivity contribution in [1.29, 1.82) is 0 Å². The molecule has 0 saturated heterocycles. The Balaban J connectivity index is 1.96. The van der Waals surface area contributed by atoms with Gasteiger partial charge in [-0.2, -0.15) is 0 Å². The van der Waals surface area contributed by atoms with E-state index >= 15 is 0 Å². The lowest BCUT2D eigenvalue weighted by Gasteiger charge is -2.31. The molecule has 0 aliphatic carbocycles. The first kappa shape index (κ1) is 19.8. The monoisotopic (exact) mass is 386 g/mol. The number of carbonyl (C=O) groups is 2. The Morgan fingerprint density at radius 2 is 1.82 bits per heavy atom. The van der Waals surface area contributed by atoms with Gasteiger partial charge in [-0.1, -0.05) is 32.9 Å². The van der Waals surface area contributed by atoms with E-state index in [-0.39, 0.29) is 29.4 Å². The van der Waals surface area contributed by atoms with Crippen LogP contribution in [0.1, 0.15) is 53.6 Å². The molecular weight excluding hydrogens is 363 g/mol. The van der Waals surface area contributed by atoms with E-state index in [1.54, 1.807) is 26.0 Å². The van der Waals surface area contributed by atoms with E-state index in [2.05, 4.69) is 0 Å². The molecule has 0 spiro atoms. The van der Waals surface area contributed by atoms with Crippen molar-refractivity contribution < 1.29 is 19.1 Å². The van der Waals surface area contributed by atoms with Crippen molar-refractivity contribution in [2.45, 2.75) is 40.3 Å². The Labute approximate surface area is 162 Å². The number of aromatic hydroxyl groups is 1. The Morgan fingerprint density at radius 3 is 2.43 bits per heavy atom. The summed E-state index contributed by atoms with van der Waals surface area (Å²) in [6, 6.07) is 5.79. The summed E-state index contributed by atoms with van der Waals surface area (Å²) in [6.07, 6.45) is 1.92. The molecule has 1 aliphatic rings. The Hall–Kier alpha value is -2.96. The normalized spacial score (nSPS) is 14.1. The van der Waals surface area contributed by atoms with Gasteiger partial charge in [-0.05, 0) is 24.1 Å². The second-order valence-electron chi connectivity index (χ2n) is 7.68. The Morgan fingerprint density at radius 1 is 1.18 bits per heavy atom. The van der Waals surface area contributed by atoms with Crippen molar-refractivity contribution in [2.75, 3.05) is 6.54 Å². The fourth-order valence-electron chi connectivity index (χ4n) is 3.18. The number of pyridine rings is 1. The zero-order chi connectivity index (χ0) is 20.6. The van der Waals surface area contributed by atoms with Gasteiger partial charge in [0.2, 0.25) is 5.43 Å². The average molecular weight is 386 g/mol. The number of hydrogen-bond donors (Lipinski definition) is 1. The average Bonchev–Trinajstić information content (AvgIpc) is 2.67. The van der Waals surface area contributed by atoms with E-state index in [1.807, 2.05) is 6.92 Å². The molecule has 2 aromatic rings. The van der Waals surface area contributed by atoms with Gasteiger partial charge in [0, 0.05) is 31.2 Å². The van der Waals surface area contributed by atoms with Crippen LogP contribution in [0, 0.1) is 11.2 Å². The third-order valence-electron chi connectivity index (χ3n) is 5.39. The number of carbonyl (C=O) groups excluding carboxylic acids is 2. The summed E-state index contributed by atoms with van der Waals surface area (Å²) in [4.78, 5) is 39.6. The lowest BCUT2D eigenvalue weighted by molar-refractivity contribution is 0.0680. The van der Waals surface area contributed by atoms with Crippen LogP contribution in [0.5, 0.6) is 5.75 Å². The van der Waals surface area contributed by atoms with E-state index in [1.165, 1.54) is 27.8 Å². The molecule has 28 heavy (non-hydrogen) atoms. The molecule has 2 heterocycles. The molecule has 1 N–H and O–H groups in total. The highest BCUT2D eigenvalue weighted by atomic mass is 19.1. The molecule has 6 nitrogen and oxygen atoms in total. The number of amides is 1. The zero-order valence-electron chi connectivity index (χ0n) is 16.2. The maximum absolute atomic E-state index is 13.1. The first-order valence-electron chi connectivity index (χ1n) is 9.20. The van der Waals surface area contributed by atoms with E-state index in [0.29, 0.717) is 19.5 Å². The van der Waals surface area contributed by atoms with Gasteiger partial charge in [0.05, 0.1) is 5.56 Å². The fourth-order valence-corrected chi connectivity index (χ4v) is 3.18. The van der Waals surface area contributed by atoms with Crippen molar-refractivity contribution in [3.63, 3.8) is 0 Å². The number of benzene rings is 1. The first-order chi connectivity index (χ1) is 13.2. The summed E-state index contributed by atoms with van der Waals surface area (Å²) in [6.45, 7) is 6.25. The van der Waals surface area contributed by atoms with Crippen molar-refractivity contribution in [1.82, 2.24) is 9.47 Å². The molecule has 1 aromatic heterocycles. The maximum Gasteiger partial charge on any atom is 0.274 e. The van der Waals surface area contributed by atoms with Crippen LogP contribution in [0.3, 0.4) is 0 Å². The van der Waals surface area contributed by atoms with Gasteiger partial charge < -0.3 is 14.6 Å². The van der Waals surface area contributed by atoms with Crippen molar-refractivity contribution >= 4 is 11.7 Å². The number of hydrogen-bond acceptors (Lipinski definition) is 4. The van der Waals surface area contributed by atoms with E-state index in [9.17, 15) is 23.9 Å². The molecule has 148 valence electrons. The van der Waals surface area contributed by atoms with Crippen molar-refractivity contribution in [2.24, 2.45) is 5.41 Å². The number of aromatic nitrogens is 1. The summed E-state index contributed by atoms with van der Waals surface area (Å²) < 4.78 is 14.5. The van der Waals surface area contributed by atoms with E-state index < -0.39 is 22.5 Å². The van der Waals surface area contributed by atoms with Gasteiger partial charge in [-0.3, -0.25) is 14.4 Å². The standard InChI is InChI=1S/C21H23FN2O4/c1-4-21(2,3)19(27)15-12-23-9-10-24(11-13-5-7-14(22)8-6-13)20(28)16(23)18(26)17(15)25/h5-8,12,26H,4,9-11H2,1-3H3. The second kappa shape index (κ2) is 7.22. The summed E-state index contributed by atoms with van der Waals surface area (Å²) >= 11 is 0. The quantitative estimate of drug-likeness (QED) is 0.802. The molecule has 7 heteroatoms. The predicted molar refractivity (Wildman–Crippen MR) is 102 cm³/mol. The van der Waals surface area contributed by atoms with Gasteiger partial charge in [-0.25, -0.2) is 4.39 Å². The molecular formula is C21H23FN2O4. The van der Waals surface area contributed by atoms with Crippen LogP contribution in [0.2, 0.25) is 0 Å². The SMILES string of the molecule is CCC(C)(C)C(=O)c1cn2c(c(O)c1=O)C(=O)N(Cc1ccc(F)cc1)CC2. The van der Waals surface area contributed by atoms with Gasteiger partial charge in [0.25, 0.3) is 5.91 Å². The number of fused-ring (bicyclic) bond motifs is 1. The van der Waals surface area contributed by atoms with Crippen LogP contribution in [0.4, 0.5) is 4.39 Å². The summed E-state index contributed by atoms with van der Waals surface area (Å²) in [7, 11) is 0. The first-order valence-corrected chi connectivity index (χ1v) is 9.20. The molecule has 0 saturated carbocycles. The van der Waals surface area contributed by atoms with Gasteiger partial charge in [0.15, 0.2) is 17.2 Å². The third-order valence-corrected chi connectivity index (χ3v) is 5.39. The topological polar surface area (TPSA) is 79.6 Å². The van der Waals surface area contributed by atoms with Crippen LogP contribution in [-0.2, 0) is 13.1 Å². The Bertz CT molecular complexity index is 993. The van der Waals surface area contributed by atoms with Crippen molar-refractivity contribution in [3.05, 3.63) is 63.3 Å². The highest BCUT2D eigenvalue weighted by molar-refractivity contribution is 6.02. The molecule has 0 fully saturated rings. The lowest BCUT2D eigenvalue weighted by atomic mass is 9.82. The van der Waals surface area contributed by atoms with E-state index in [4.69, 9.17) is 0 Å². The lowest BCUT2D eigenvalue weighted by Crippen LogP contribution is -2.42. The second-order valence-corrected chi connectivity index (χ2v) is 7.68. The van der Waals surface area contributed by atoms with Crippen LogP contribution in [0.15, 0.2) is 35.3 Å². The molecule has 0 atom stereocenters. The smallest absolute Gasteiger partial charge is 0.274 e. The minimum absolute atomic E-state index is 0.104. The number of Topliss-reactive ketones (excluding diaryl/α,β-unsaturated/α-hetero) is 1. The maximum atomic E-state index is 13.1. The van der Waals surface area contributed by atoms with Crippen LogP contribution in [0.25, 0.3) is 0 Å². The summed E-state index contributed by atoms with van der Waals surface area (Å²) in [5, 5.41) is 10.4. The number of halogens is 1. The minimum Gasteiger partial charge on any atom is -0.503 e. The number of nitrogens with zero attached hydrogens (tertiary/aromatic N) is 2. The molecule has 1 amide bonds. The summed E-state index contributed by atoms with van der Waals surface area (Å²) in [5.74, 6) is -1.92. The third kappa shape index (κ3) is 3.44. The molecule has 1 aromatic carbocycles. The van der Waals surface area contributed by atoms with Gasteiger partial charge >= 0.3 is 0 Å². The molecule has 3 rings (SSSR count).